The molecule has 1 atom stereocenters. The van der Waals surface area contributed by atoms with E-state index in [0.29, 0.717) is 28.0 Å². The van der Waals surface area contributed by atoms with E-state index in [1.807, 2.05) is 6.92 Å². The maximum Gasteiger partial charge on any atom is 0.230 e. The van der Waals surface area contributed by atoms with E-state index in [2.05, 4.69) is 19.2 Å². The van der Waals surface area contributed by atoms with Crippen LogP contribution < -0.4 is 5.32 Å². The zero-order valence-corrected chi connectivity index (χ0v) is 12.9. The second-order valence-electron chi connectivity index (χ2n) is 4.83. The van der Waals surface area contributed by atoms with Crippen molar-refractivity contribution in [3.05, 3.63) is 34.6 Å². The molecule has 0 aliphatic rings. The van der Waals surface area contributed by atoms with Gasteiger partial charge in [0.05, 0.1) is 5.75 Å². The Hall–Kier alpha value is -0.740. The SMILES string of the molecule is CC(C)[C@H](C)NC(=O)CSCc1ccc(Cl)cc1F. The van der Waals surface area contributed by atoms with Gasteiger partial charge in [0, 0.05) is 16.8 Å². The Bertz CT molecular complexity index is 439. The summed E-state index contributed by atoms with van der Waals surface area (Å²) in [6.45, 7) is 6.09. The Morgan fingerprint density at radius 2 is 2.11 bits per heavy atom. The lowest BCUT2D eigenvalue weighted by Gasteiger charge is -2.17. The predicted octanol–water partition coefficient (Wildman–Crippen LogP) is 3.87. The van der Waals surface area contributed by atoms with Crippen LogP contribution in [-0.4, -0.2) is 17.7 Å². The second-order valence-corrected chi connectivity index (χ2v) is 6.25. The van der Waals surface area contributed by atoms with Crippen LogP contribution in [0.25, 0.3) is 0 Å². The van der Waals surface area contributed by atoms with Gasteiger partial charge in [0.1, 0.15) is 5.82 Å². The first-order valence-electron chi connectivity index (χ1n) is 6.21. The predicted molar refractivity (Wildman–Crippen MR) is 80.0 cm³/mol. The molecule has 0 aliphatic carbocycles. The van der Waals surface area contributed by atoms with Crippen LogP contribution >= 0.6 is 23.4 Å². The molecule has 0 fully saturated rings. The van der Waals surface area contributed by atoms with Crippen LogP contribution in [0.3, 0.4) is 0 Å². The molecule has 1 aromatic carbocycles. The Balaban J connectivity index is 2.36. The van der Waals surface area contributed by atoms with Crippen LogP contribution in [0.2, 0.25) is 5.02 Å². The number of rotatable bonds is 6. The minimum Gasteiger partial charge on any atom is -0.353 e. The molecule has 1 N–H and O–H groups in total. The summed E-state index contributed by atoms with van der Waals surface area (Å²) in [7, 11) is 0. The first-order chi connectivity index (χ1) is 8.90. The summed E-state index contributed by atoms with van der Waals surface area (Å²) in [6, 6.07) is 4.75. The number of carbonyl (C=O) groups is 1. The van der Waals surface area contributed by atoms with Gasteiger partial charge in [0.25, 0.3) is 0 Å². The van der Waals surface area contributed by atoms with E-state index in [-0.39, 0.29) is 17.8 Å². The van der Waals surface area contributed by atoms with Gasteiger partial charge < -0.3 is 5.32 Å². The van der Waals surface area contributed by atoms with Crippen molar-refractivity contribution in [3.63, 3.8) is 0 Å². The summed E-state index contributed by atoms with van der Waals surface area (Å²) in [5.41, 5.74) is 0.569. The number of nitrogens with one attached hydrogen (secondary N) is 1. The first kappa shape index (κ1) is 16.3. The number of thioether (sulfide) groups is 1. The first-order valence-corrected chi connectivity index (χ1v) is 7.74. The minimum atomic E-state index is -0.323. The Morgan fingerprint density at radius 1 is 1.42 bits per heavy atom. The molecule has 106 valence electrons. The molecule has 0 spiro atoms. The van der Waals surface area contributed by atoms with E-state index in [1.165, 1.54) is 17.8 Å². The third kappa shape index (κ3) is 5.83. The maximum absolute atomic E-state index is 13.5. The third-order valence-electron chi connectivity index (χ3n) is 2.89. The number of halogens is 2. The number of carbonyl (C=O) groups excluding carboxylic acids is 1. The van der Waals surface area contributed by atoms with Crippen molar-refractivity contribution >= 4 is 29.3 Å². The zero-order chi connectivity index (χ0) is 14.4. The average Bonchev–Trinajstić information content (AvgIpc) is 2.31. The Labute approximate surface area is 123 Å². The van der Waals surface area contributed by atoms with E-state index in [9.17, 15) is 9.18 Å². The lowest BCUT2D eigenvalue weighted by molar-refractivity contribution is -0.119. The van der Waals surface area contributed by atoms with E-state index in [4.69, 9.17) is 11.6 Å². The molecule has 0 heterocycles. The summed E-state index contributed by atoms with van der Waals surface area (Å²) in [4.78, 5) is 11.6. The number of amides is 1. The van der Waals surface area contributed by atoms with Crippen molar-refractivity contribution in [1.82, 2.24) is 5.32 Å². The highest BCUT2D eigenvalue weighted by Crippen LogP contribution is 2.19. The third-order valence-corrected chi connectivity index (χ3v) is 4.11. The van der Waals surface area contributed by atoms with Gasteiger partial charge in [0.15, 0.2) is 0 Å². The molecule has 1 amide bonds. The lowest BCUT2D eigenvalue weighted by Crippen LogP contribution is -2.37. The fraction of sp³-hybridized carbons (Fsp3) is 0.500. The maximum atomic E-state index is 13.5. The molecular weight excluding hydrogens is 285 g/mol. The van der Waals surface area contributed by atoms with Crippen molar-refractivity contribution < 1.29 is 9.18 Å². The Kier molecular flexibility index (Phi) is 6.66. The highest BCUT2D eigenvalue weighted by Gasteiger charge is 2.11. The van der Waals surface area contributed by atoms with Crippen LogP contribution in [0.4, 0.5) is 4.39 Å². The monoisotopic (exact) mass is 303 g/mol. The Morgan fingerprint density at radius 3 is 2.68 bits per heavy atom. The molecule has 2 nitrogen and oxygen atoms in total. The van der Waals surface area contributed by atoms with Crippen LogP contribution in [0.5, 0.6) is 0 Å². The lowest BCUT2D eigenvalue weighted by atomic mass is 10.1. The van der Waals surface area contributed by atoms with E-state index in [0.717, 1.165) is 0 Å². The molecule has 0 aromatic heterocycles. The quantitative estimate of drug-likeness (QED) is 0.864. The molecule has 0 radical (unpaired) electrons. The van der Waals surface area contributed by atoms with Crippen molar-refractivity contribution in [2.75, 3.05) is 5.75 Å². The molecule has 19 heavy (non-hydrogen) atoms. The number of hydrogen-bond donors (Lipinski definition) is 1. The largest absolute Gasteiger partial charge is 0.353 e. The summed E-state index contributed by atoms with van der Waals surface area (Å²) in [5, 5.41) is 3.30. The van der Waals surface area contributed by atoms with Crippen LogP contribution in [0, 0.1) is 11.7 Å². The van der Waals surface area contributed by atoms with Crippen LogP contribution in [-0.2, 0) is 10.5 Å². The van der Waals surface area contributed by atoms with Gasteiger partial charge >= 0.3 is 0 Å². The fourth-order valence-corrected chi connectivity index (χ4v) is 2.34. The van der Waals surface area contributed by atoms with Crippen LogP contribution in [0.15, 0.2) is 18.2 Å². The van der Waals surface area contributed by atoms with E-state index in [1.54, 1.807) is 12.1 Å². The fourth-order valence-electron chi connectivity index (χ4n) is 1.35. The van der Waals surface area contributed by atoms with Crippen molar-refractivity contribution in [2.24, 2.45) is 5.92 Å². The van der Waals surface area contributed by atoms with Gasteiger partial charge in [-0.05, 0) is 30.5 Å². The van der Waals surface area contributed by atoms with Gasteiger partial charge in [-0.1, -0.05) is 31.5 Å². The molecule has 1 aromatic rings. The summed E-state index contributed by atoms with van der Waals surface area (Å²) in [5.74, 6) is 0.866. The molecule has 0 saturated heterocycles. The van der Waals surface area contributed by atoms with Crippen molar-refractivity contribution in [2.45, 2.75) is 32.6 Å². The zero-order valence-electron chi connectivity index (χ0n) is 11.4. The summed E-state index contributed by atoms with van der Waals surface area (Å²) in [6.07, 6.45) is 0. The van der Waals surface area contributed by atoms with Crippen molar-refractivity contribution in [3.8, 4) is 0 Å². The minimum absolute atomic E-state index is 0.0134. The average molecular weight is 304 g/mol. The smallest absolute Gasteiger partial charge is 0.230 e. The van der Waals surface area contributed by atoms with Gasteiger partial charge in [-0.3, -0.25) is 4.79 Å². The highest BCUT2D eigenvalue weighted by atomic mass is 35.5. The van der Waals surface area contributed by atoms with Crippen LogP contribution in [0.1, 0.15) is 26.3 Å². The standard InChI is InChI=1S/C14H19ClFNOS/c1-9(2)10(3)17-14(18)8-19-7-11-4-5-12(15)6-13(11)16/h4-6,9-10H,7-8H2,1-3H3,(H,17,18)/t10-/m0/s1. The summed E-state index contributed by atoms with van der Waals surface area (Å²) < 4.78 is 13.5. The van der Waals surface area contributed by atoms with E-state index >= 15 is 0 Å². The van der Waals surface area contributed by atoms with Gasteiger partial charge in [0.2, 0.25) is 5.91 Å². The van der Waals surface area contributed by atoms with Crippen molar-refractivity contribution in [1.29, 1.82) is 0 Å². The number of benzene rings is 1. The van der Waals surface area contributed by atoms with E-state index < -0.39 is 0 Å². The van der Waals surface area contributed by atoms with Gasteiger partial charge in [-0.2, -0.15) is 0 Å². The summed E-state index contributed by atoms with van der Waals surface area (Å²) >= 11 is 7.07. The molecule has 0 saturated carbocycles. The molecular formula is C14H19ClFNOS. The second kappa shape index (κ2) is 7.75. The molecule has 0 unspecified atom stereocenters. The molecule has 1 rings (SSSR count). The topological polar surface area (TPSA) is 29.1 Å². The molecule has 5 heteroatoms. The number of hydrogen-bond acceptors (Lipinski definition) is 2. The normalized spacial score (nSPS) is 12.5. The highest BCUT2D eigenvalue weighted by molar-refractivity contribution is 7.99. The van der Waals surface area contributed by atoms with Gasteiger partial charge in [-0.25, -0.2) is 4.39 Å². The molecule has 0 aliphatic heterocycles. The molecule has 0 bridgehead atoms. The van der Waals surface area contributed by atoms with Gasteiger partial charge in [-0.15, -0.1) is 11.8 Å².